The van der Waals surface area contributed by atoms with Crippen LogP contribution in [0.15, 0.2) is 66.0 Å². The molecule has 194 valence electrons. The number of rotatable bonds is 4. The summed E-state index contributed by atoms with van der Waals surface area (Å²) in [5.74, 6) is -0.736. The Kier molecular flexibility index (Phi) is 5.55. The van der Waals surface area contributed by atoms with Crippen molar-refractivity contribution in [2.45, 2.75) is 31.6 Å². The van der Waals surface area contributed by atoms with Gasteiger partial charge in [0.2, 0.25) is 5.91 Å². The van der Waals surface area contributed by atoms with Crippen LogP contribution in [0.25, 0.3) is 38.9 Å². The first kappa shape index (κ1) is 23.9. The zero-order chi connectivity index (χ0) is 26.6. The van der Waals surface area contributed by atoms with Crippen molar-refractivity contribution in [3.63, 3.8) is 0 Å². The highest BCUT2D eigenvalue weighted by atomic mass is 19.4. The second-order valence-electron chi connectivity index (χ2n) is 9.27. The number of carbonyl (C=O) groups excluding carboxylic acids is 1. The number of hydrogen-bond donors (Lipinski definition) is 0. The van der Waals surface area contributed by atoms with Crippen molar-refractivity contribution in [3.05, 3.63) is 71.7 Å². The first-order chi connectivity index (χ1) is 18.2. The third-order valence-electron chi connectivity index (χ3n) is 7.04. The summed E-state index contributed by atoms with van der Waals surface area (Å²) in [6, 6.07) is 8.53. The van der Waals surface area contributed by atoms with E-state index in [1.54, 1.807) is 65.9 Å². The lowest BCUT2D eigenvalue weighted by molar-refractivity contribution is -0.182. The van der Waals surface area contributed by atoms with Crippen molar-refractivity contribution in [2.75, 3.05) is 6.54 Å². The SMILES string of the molecule is Cn1ncc2c(-c3ccc(-n4c(=O)n(CC(=O)N5CCCC5C(F)(F)F)c5ccccc54)cn3)cncc21. The molecular weight excluding hydrogens is 499 g/mol. The lowest BCUT2D eigenvalue weighted by atomic mass is 10.1. The number of nitrogens with zero attached hydrogens (tertiary/aromatic N) is 7. The van der Waals surface area contributed by atoms with Crippen molar-refractivity contribution in [2.24, 2.45) is 7.05 Å². The van der Waals surface area contributed by atoms with Gasteiger partial charge in [-0.1, -0.05) is 12.1 Å². The molecule has 0 aliphatic carbocycles. The van der Waals surface area contributed by atoms with E-state index in [2.05, 4.69) is 15.1 Å². The van der Waals surface area contributed by atoms with E-state index in [9.17, 15) is 22.8 Å². The van der Waals surface area contributed by atoms with E-state index in [4.69, 9.17) is 0 Å². The molecule has 1 fully saturated rings. The van der Waals surface area contributed by atoms with E-state index in [0.29, 0.717) is 22.4 Å². The van der Waals surface area contributed by atoms with Gasteiger partial charge in [-0.25, -0.2) is 4.79 Å². The monoisotopic (exact) mass is 521 g/mol. The second kappa shape index (κ2) is 8.82. The quantitative estimate of drug-likeness (QED) is 0.360. The largest absolute Gasteiger partial charge is 0.408 e. The van der Waals surface area contributed by atoms with Crippen LogP contribution in [-0.2, 0) is 18.4 Å². The lowest BCUT2D eigenvalue weighted by Gasteiger charge is -2.26. The van der Waals surface area contributed by atoms with Gasteiger partial charge in [-0.05, 0) is 37.1 Å². The summed E-state index contributed by atoms with van der Waals surface area (Å²) >= 11 is 0. The van der Waals surface area contributed by atoms with Crippen LogP contribution in [0.1, 0.15) is 12.8 Å². The maximum atomic E-state index is 13.5. The van der Waals surface area contributed by atoms with Gasteiger partial charge in [-0.3, -0.25) is 28.6 Å². The molecule has 1 atom stereocenters. The molecule has 1 aliphatic heterocycles. The van der Waals surface area contributed by atoms with E-state index in [1.165, 1.54) is 9.13 Å². The zero-order valence-corrected chi connectivity index (χ0v) is 20.3. The molecule has 1 unspecified atom stereocenters. The third-order valence-corrected chi connectivity index (χ3v) is 7.04. The van der Waals surface area contributed by atoms with Crippen LogP contribution in [0.3, 0.4) is 0 Å². The fraction of sp³-hybridized carbons (Fsp3) is 0.269. The molecule has 12 heteroatoms. The highest BCUT2D eigenvalue weighted by molar-refractivity contribution is 5.92. The van der Waals surface area contributed by atoms with Crippen LogP contribution in [0, 0.1) is 0 Å². The minimum absolute atomic E-state index is 0.0142. The number of fused-ring (bicyclic) bond motifs is 2. The summed E-state index contributed by atoms with van der Waals surface area (Å²) < 4.78 is 44.6. The number of alkyl halides is 3. The number of aromatic nitrogens is 6. The molecule has 0 radical (unpaired) electrons. The van der Waals surface area contributed by atoms with Gasteiger partial charge in [-0.2, -0.15) is 18.3 Å². The van der Waals surface area contributed by atoms with Crippen LogP contribution in [0.2, 0.25) is 0 Å². The molecule has 5 aromatic rings. The van der Waals surface area contributed by atoms with Gasteiger partial charge in [0.05, 0.1) is 46.5 Å². The Hall–Kier alpha value is -4.48. The van der Waals surface area contributed by atoms with Gasteiger partial charge in [-0.15, -0.1) is 0 Å². The van der Waals surface area contributed by atoms with Crippen LogP contribution >= 0.6 is 0 Å². The molecule has 38 heavy (non-hydrogen) atoms. The lowest BCUT2D eigenvalue weighted by Crippen LogP contribution is -2.46. The number of para-hydroxylation sites is 2. The number of imidazole rings is 1. The van der Waals surface area contributed by atoms with Crippen molar-refractivity contribution in [1.82, 2.24) is 33.8 Å². The van der Waals surface area contributed by atoms with E-state index < -0.39 is 30.4 Å². The zero-order valence-electron chi connectivity index (χ0n) is 20.3. The third kappa shape index (κ3) is 3.83. The molecule has 5 heterocycles. The number of amides is 1. The molecular formula is C26H22F3N7O2. The van der Waals surface area contributed by atoms with Gasteiger partial charge in [0, 0.05) is 30.7 Å². The Labute approximate surface area is 213 Å². The molecule has 1 amide bonds. The maximum Gasteiger partial charge on any atom is 0.408 e. The number of likely N-dealkylation sites (tertiary alicyclic amines) is 1. The fourth-order valence-corrected chi connectivity index (χ4v) is 5.18. The molecule has 1 aliphatic rings. The summed E-state index contributed by atoms with van der Waals surface area (Å²) in [5, 5.41) is 5.16. The Morgan fingerprint density at radius 2 is 1.82 bits per heavy atom. The number of hydrogen-bond acceptors (Lipinski definition) is 5. The fourth-order valence-electron chi connectivity index (χ4n) is 5.18. The Morgan fingerprint density at radius 1 is 1.03 bits per heavy atom. The van der Waals surface area contributed by atoms with E-state index >= 15 is 0 Å². The van der Waals surface area contributed by atoms with Crippen LogP contribution in [0.4, 0.5) is 13.2 Å². The number of benzene rings is 1. The summed E-state index contributed by atoms with van der Waals surface area (Å²) in [6.07, 6.45) is 2.33. The molecule has 6 rings (SSSR count). The summed E-state index contributed by atoms with van der Waals surface area (Å²) in [5.41, 5.74) is 3.16. The minimum Gasteiger partial charge on any atom is -0.329 e. The number of pyridine rings is 2. The number of halogens is 3. The Bertz CT molecular complexity index is 1730. The van der Waals surface area contributed by atoms with Gasteiger partial charge in [0.25, 0.3) is 0 Å². The average Bonchev–Trinajstić information content (AvgIpc) is 3.61. The molecule has 1 aromatic carbocycles. The first-order valence-corrected chi connectivity index (χ1v) is 12.0. The summed E-state index contributed by atoms with van der Waals surface area (Å²) in [6.45, 7) is -0.473. The highest BCUT2D eigenvalue weighted by Crippen LogP contribution is 2.33. The topological polar surface area (TPSA) is 90.8 Å². The average molecular weight is 522 g/mol. The molecule has 0 bridgehead atoms. The molecule has 0 saturated carbocycles. The van der Waals surface area contributed by atoms with E-state index in [1.807, 2.05) is 7.05 Å². The van der Waals surface area contributed by atoms with Crippen LogP contribution in [-0.4, -0.2) is 58.5 Å². The van der Waals surface area contributed by atoms with Gasteiger partial charge >= 0.3 is 11.9 Å². The molecule has 9 nitrogen and oxygen atoms in total. The Morgan fingerprint density at radius 3 is 2.55 bits per heavy atom. The smallest absolute Gasteiger partial charge is 0.329 e. The van der Waals surface area contributed by atoms with E-state index in [-0.39, 0.29) is 19.4 Å². The molecule has 0 spiro atoms. The van der Waals surface area contributed by atoms with Gasteiger partial charge in [0.15, 0.2) is 0 Å². The molecule has 0 N–H and O–H groups in total. The number of aryl methyl sites for hydroxylation is 1. The van der Waals surface area contributed by atoms with E-state index in [0.717, 1.165) is 21.4 Å². The minimum atomic E-state index is -4.51. The second-order valence-corrected chi connectivity index (χ2v) is 9.27. The van der Waals surface area contributed by atoms with Crippen LogP contribution in [0.5, 0.6) is 0 Å². The first-order valence-electron chi connectivity index (χ1n) is 12.0. The highest BCUT2D eigenvalue weighted by Gasteiger charge is 2.47. The molecule has 4 aromatic heterocycles. The molecule has 1 saturated heterocycles. The van der Waals surface area contributed by atoms with Crippen molar-refractivity contribution < 1.29 is 18.0 Å². The van der Waals surface area contributed by atoms with Crippen LogP contribution < -0.4 is 5.69 Å². The Balaban J connectivity index is 1.37. The maximum absolute atomic E-state index is 13.5. The predicted octanol–water partition coefficient (Wildman–Crippen LogP) is 3.69. The van der Waals surface area contributed by atoms with Gasteiger partial charge < -0.3 is 4.90 Å². The standard InChI is InChI=1S/C26H22F3N7O2/c1-33-22-14-30-12-17(18(22)13-32-33)19-9-8-16(11-31-19)36-21-6-3-2-5-20(21)35(25(36)38)15-24(37)34-10-4-7-23(34)26(27,28)29/h2-3,5-6,8-9,11-14,23H,4,7,10,15H2,1H3. The summed E-state index contributed by atoms with van der Waals surface area (Å²) in [7, 11) is 1.82. The van der Waals surface area contributed by atoms with Gasteiger partial charge in [0.1, 0.15) is 12.6 Å². The summed E-state index contributed by atoms with van der Waals surface area (Å²) in [4.78, 5) is 36.2. The van der Waals surface area contributed by atoms with Crippen molar-refractivity contribution in [1.29, 1.82) is 0 Å². The normalized spacial score (nSPS) is 16.1. The van der Waals surface area contributed by atoms with Crippen molar-refractivity contribution in [3.8, 4) is 16.9 Å². The number of carbonyl (C=O) groups is 1. The predicted molar refractivity (Wildman–Crippen MR) is 134 cm³/mol. The van der Waals surface area contributed by atoms with Crippen molar-refractivity contribution >= 4 is 27.8 Å².